The van der Waals surface area contributed by atoms with Gasteiger partial charge in [0.05, 0.1) is 11.0 Å². The van der Waals surface area contributed by atoms with Crippen molar-refractivity contribution < 1.29 is 19.2 Å². The molecule has 1 aromatic carbocycles. The summed E-state index contributed by atoms with van der Waals surface area (Å²) in [5, 5.41) is 13.3. The van der Waals surface area contributed by atoms with Gasteiger partial charge in [-0.3, -0.25) is 19.7 Å². The Kier molecular flexibility index (Phi) is 7.25. The van der Waals surface area contributed by atoms with Crippen molar-refractivity contribution in [2.75, 3.05) is 0 Å². The van der Waals surface area contributed by atoms with Gasteiger partial charge in [0, 0.05) is 19.1 Å². The van der Waals surface area contributed by atoms with E-state index in [1.54, 1.807) is 6.92 Å². The fourth-order valence-corrected chi connectivity index (χ4v) is 2.11. The van der Waals surface area contributed by atoms with Gasteiger partial charge in [-0.15, -0.1) is 0 Å². The standard InChI is InChI=1S/C14H16Cl2N2O5/c1-3-11(17-14(20)13(15)16)12(23-8(2)19)9-4-6-10(7-5-9)18(21)22/h4-7,11-13H,3H2,1-2H3,(H,17,20)/t11-,12-/m1/s1. The van der Waals surface area contributed by atoms with E-state index in [9.17, 15) is 19.7 Å². The van der Waals surface area contributed by atoms with Crippen LogP contribution in [0.25, 0.3) is 0 Å². The molecular formula is C14H16Cl2N2O5. The Hall–Kier alpha value is -1.86. The van der Waals surface area contributed by atoms with Gasteiger partial charge in [-0.05, 0) is 24.1 Å². The molecule has 126 valence electrons. The summed E-state index contributed by atoms with van der Waals surface area (Å²) >= 11 is 11.0. The van der Waals surface area contributed by atoms with Crippen molar-refractivity contribution in [3.05, 3.63) is 39.9 Å². The fourth-order valence-electron chi connectivity index (χ4n) is 1.98. The van der Waals surface area contributed by atoms with E-state index >= 15 is 0 Å². The predicted molar refractivity (Wildman–Crippen MR) is 85.3 cm³/mol. The first-order valence-electron chi connectivity index (χ1n) is 6.76. The van der Waals surface area contributed by atoms with Crippen molar-refractivity contribution in [2.24, 2.45) is 0 Å². The number of rotatable bonds is 7. The second kappa shape index (κ2) is 8.69. The van der Waals surface area contributed by atoms with Crippen LogP contribution in [0.3, 0.4) is 0 Å². The van der Waals surface area contributed by atoms with Gasteiger partial charge in [0.1, 0.15) is 6.10 Å². The molecule has 0 radical (unpaired) electrons. The van der Waals surface area contributed by atoms with E-state index < -0.39 is 33.8 Å². The zero-order valence-electron chi connectivity index (χ0n) is 12.5. The van der Waals surface area contributed by atoms with Crippen molar-refractivity contribution in [1.29, 1.82) is 0 Å². The molecule has 0 aromatic heterocycles. The highest BCUT2D eigenvalue weighted by molar-refractivity contribution is 6.53. The Balaban J connectivity index is 3.08. The van der Waals surface area contributed by atoms with Crippen molar-refractivity contribution in [2.45, 2.75) is 37.3 Å². The summed E-state index contributed by atoms with van der Waals surface area (Å²) in [5.41, 5.74) is 0.424. The Morgan fingerprint density at radius 1 is 1.30 bits per heavy atom. The molecule has 0 aliphatic rings. The summed E-state index contributed by atoms with van der Waals surface area (Å²) in [6.07, 6.45) is -0.379. The highest BCUT2D eigenvalue weighted by Gasteiger charge is 2.28. The predicted octanol–water partition coefficient (Wildman–Crippen LogP) is 2.90. The fraction of sp³-hybridized carbons (Fsp3) is 0.429. The Bertz CT molecular complexity index is 577. The minimum Gasteiger partial charge on any atom is -0.455 e. The van der Waals surface area contributed by atoms with E-state index in [1.807, 2.05) is 0 Å². The molecule has 0 saturated heterocycles. The van der Waals surface area contributed by atoms with Gasteiger partial charge in [0.2, 0.25) is 0 Å². The van der Waals surface area contributed by atoms with Gasteiger partial charge in [0.25, 0.3) is 11.6 Å². The number of hydrogen-bond donors (Lipinski definition) is 1. The molecule has 1 aromatic rings. The summed E-state index contributed by atoms with van der Waals surface area (Å²) in [5.74, 6) is -1.16. The van der Waals surface area contributed by atoms with E-state index in [0.717, 1.165) is 0 Å². The number of nitro benzene ring substituents is 1. The number of halogens is 2. The van der Waals surface area contributed by atoms with E-state index in [2.05, 4.69) is 5.32 Å². The quantitative estimate of drug-likeness (QED) is 0.348. The molecule has 1 N–H and O–H groups in total. The van der Waals surface area contributed by atoms with Gasteiger partial charge in [-0.25, -0.2) is 0 Å². The summed E-state index contributed by atoms with van der Waals surface area (Å²) in [7, 11) is 0. The third-order valence-electron chi connectivity index (χ3n) is 3.06. The van der Waals surface area contributed by atoms with E-state index in [1.165, 1.54) is 31.2 Å². The van der Waals surface area contributed by atoms with Gasteiger partial charge in [-0.2, -0.15) is 0 Å². The first-order valence-corrected chi connectivity index (χ1v) is 7.63. The summed E-state index contributed by atoms with van der Waals surface area (Å²) in [4.78, 5) is 31.9. The minimum atomic E-state index is -1.25. The van der Waals surface area contributed by atoms with Crippen LogP contribution in [-0.2, 0) is 14.3 Å². The van der Waals surface area contributed by atoms with Crippen LogP contribution in [0, 0.1) is 10.1 Å². The maximum atomic E-state index is 11.7. The van der Waals surface area contributed by atoms with Crippen molar-refractivity contribution in [3.63, 3.8) is 0 Å². The normalized spacial score (nSPS) is 13.3. The Morgan fingerprint density at radius 2 is 1.87 bits per heavy atom. The maximum Gasteiger partial charge on any atom is 0.303 e. The third kappa shape index (κ3) is 5.69. The lowest BCUT2D eigenvalue weighted by Crippen LogP contribution is -2.42. The Morgan fingerprint density at radius 3 is 2.26 bits per heavy atom. The second-order valence-electron chi connectivity index (χ2n) is 4.70. The average Bonchev–Trinajstić information content (AvgIpc) is 2.50. The molecule has 23 heavy (non-hydrogen) atoms. The number of benzene rings is 1. The Labute approximate surface area is 143 Å². The molecule has 1 amide bonds. The summed E-state index contributed by atoms with van der Waals surface area (Å²) < 4.78 is 5.26. The van der Waals surface area contributed by atoms with Crippen molar-refractivity contribution in [1.82, 2.24) is 5.32 Å². The molecule has 9 heteroatoms. The lowest BCUT2D eigenvalue weighted by Gasteiger charge is -2.27. The number of carbonyl (C=O) groups is 2. The zero-order chi connectivity index (χ0) is 17.6. The van der Waals surface area contributed by atoms with Crippen LogP contribution in [0.5, 0.6) is 0 Å². The third-order valence-corrected chi connectivity index (χ3v) is 3.45. The molecule has 0 saturated carbocycles. The van der Waals surface area contributed by atoms with Crippen LogP contribution in [0.15, 0.2) is 24.3 Å². The van der Waals surface area contributed by atoms with Gasteiger partial charge in [-0.1, -0.05) is 30.1 Å². The molecule has 0 spiro atoms. The zero-order valence-corrected chi connectivity index (χ0v) is 14.0. The maximum absolute atomic E-state index is 11.7. The number of nitrogens with zero attached hydrogens (tertiary/aromatic N) is 1. The number of carbonyl (C=O) groups excluding carboxylic acids is 2. The average molecular weight is 363 g/mol. The lowest BCUT2D eigenvalue weighted by atomic mass is 9.99. The molecule has 0 aliphatic carbocycles. The number of hydrogen-bond acceptors (Lipinski definition) is 5. The van der Waals surface area contributed by atoms with Crippen LogP contribution in [0.1, 0.15) is 31.9 Å². The van der Waals surface area contributed by atoms with E-state index in [-0.39, 0.29) is 5.69 Å². The SMILES string of the molecule is CC[C@@H](NC(=O)C(Cl)Cl)[C@H](OC(C)=O)c1ccc([N+](=O)[O-])cc1. The minimum absolute atomic E-state index is 0.0889. The largest absolute Gasteiger partial charge is 0.455 e. The number of non-ortho nitro benzene ring substituents is 1. The van der Waals surface area contributed by atoms with Gasteiger partial charge in [0.15, 0.2) is 4.84 Å². The monoisotopic (exact) mass is 362 g/mol. The molecule has 0 unspecified atom stereocenters. The van der Waals surface area contributed by atoms with E-state index in [4.69, 9.17) is 27.9 Å². The smallest absolute Gasteiger partial charge is 0.303 e. The molecule has 7 nitrogen and oxygen atoms in total. The molecular weight excluding hydrogens is 347 g/mol. The number of nitro groups is 1. The number of amides is 1. The molecule has 0 bridgehead atoms. The first-order chi connectivity index (χ1) is 10.8. The topological polar surface area (TPSA) is 98.5 Å². The number of nitrogens with one attached hydrogen (secondary N) is 1. The van der Waals surface area contributed by atoms with Crippen LogP contribution >= 0.6 is 23.2 Å². The second-order valence-corrected chi connectivity index (χ2v) is 5.80. The molecule has 1 rings (SSSR count). The van der Waals surface area contributed by atoms with Crippen LogP contribution in [0.2, 0.25) is 0 Å². The highest BCUT2D eigenvalue weighted by Crippen LogP contribution is 2.26. The van der Waals surface area contributed by atoms with Gasteiger partial charge < -0.3 is 10.1 Å². The van der Waals surface area contributed by atoms with Gasteiger partial charge >= 0.3 is 5.97 Å². The summed E-state index contributed by atoms with van der Waals surface area (Å²) in [6, 6.07) is 4.96. The number of alkyl halides is 2. The molecule has 2 atom stereocenters. The van der Waals surface area contributed by atoms with Crippen molar-refractivity contribution in [3.8, 4) is 0 Å². The van der Waals surface area contributed by atoms with Crippen LogP contribution in [-0.4, -0.2) is 27.7 Å². The molecule has 0 aliphatic heterocycles. The first kappa shape index (κ1) is 19.2. The van der Waals surface area contributed by atoms with E-state index in [0.29, 0.717) is 12.0 Å². The lowest BCUT2D eigenvalue weighted by molar-refractivity contribution is -0.384. The van der Waals surface area contributed by atoms with Crippen LogP contribution in [0.4, 0.5) is 5.69 Å². The van der Waals surface area contributed by atoms with Crippen LogP contribution < -0.4 is 5.32 Å². The van der Waals surface area contributed by atoms with Crippen molar-refractivity contribution >= 4 is 40.8 Å². The summed E-state index contributed by atoms with van der Waals surface area (Å²) in [6.45, 7) is 3.02. The number of esters is 1. The number of ether oxygens (including phenoxy) is 1. The molecule has 0 heterocycles. The molecule has 0 fully saturated rings. The highest BCUT2D eigenvalue weighted by atomic mass is 35.5.